The fraction of sp³-hybridized carbons (Fsp3) is 0.464. The first-order valence-electron chi connectivity index (χ1n) is 12.3. The number of amides is 1. The number of aliphatic carboxylic acids is 1. The molecule has 1 aliphatic heterocycles. The van der Waals surface area contributed by atoms with Gasteiger partial charge >= 0.3 is 5.97 Å². The molecule has 0 saturated carbocycles. The number of carbonyl (C=O) groups is 2. The zero-order valence-electron chi connectivity index (χ0n) is 21.7. The monoisotopic (exact) mass is 506 g/mol. The summed E-state index contributed by atoms with van der Waals surface area (Å²) in [5.41, 5.74) is 1.57. The van der Waals surface area contributed by atoms with Crippen LogP contribution in [0.2, 0.25) is 0 Å². The Morgan fingerprint density at radius 3 is 2.33 bits per heavy atom. The molecular weight excluding hydrogens is 472 g/mol. The third kappa shape index (κ3) is 4.78. The number of benzene rings is 1. The Morgan fingerprint density at radius 1 is 1.14 bits per heavy atom. The highest BCUT2D eigenvalue weighted by atomic mass is 32.1. The van der Waals surface area contributed by atoms with Crippen molar-refractivity contribution in [2.45, 2.75) is 77.3 Å². The van der Waals surface area contributed by atoms with E-state index in [0.29, 0.717) is 22.7 Å². The topological polar surface area (TPSA) is 96.3 Å². The summed E-state index contributed by atoms with van der Waals surface area (Å²) in [6.07, 6.45) is 5.66. The molecule has 1 aliphatic rings. The molecule has 1 fully saturated rings. The predicted octanol–water partition coefficient (Wildman–Crippen LogP) is 5.78. The maximum Gasteiger partial charge on any atom is 0.329 e. The van der Waals surface area contributed by atoms with E-state index in [1.807, 2.05) is 50.4 Å². The molecule has 1 N–H and O–H groups in total. The van der Waals surface area contributed by atoms with Crippen molar-refractivity contribution in [3.05, 3.63) is 75.8 Å². The van der Waals surface area contributed by atoms with Gasteiger partial charge in [0, 0.05) is 35.5 Å². The lowest BCUT2D eigenvalue weighted by Crippen LogP contribution is -2.54. The Morgan fingerprint density at radius 2 is 1.83 bits per heavy atom. The van der Waals surface area contributed by atoms with Gasteiger partial charge in [-0.25, -0.2) is 9.78 Å². The van der Waals surface area contributed by atoms with Crippen LogP contribution in [-0.2, 0) is 10.2 Å². The van der Waals surface area contributed by atoms with Gasteiger partial charge in [0.05, 0.1) is 17.4 Å². The zero-order chi connectivity index (χ0) is 26.3. The third-order valence-electron chi connectivity index (χ3n) is 6.92. The van der Waals surface area contributed by atoms with E-state index in [0.717, 1.165) is 11.3 Å². The van der Waals surface area contributed by atoms with Crippen LogP contribution in [0, 0.1) is 12.8 Å². The predicted molar refractivity (Wildman–Crippen MR) is 140 cm³/mol. The fourth-order valence-corrected chi connectivity index (χ4v) is 6.04. The van der Waals surface area contributed by atoms with Gasteiger partial charge in [-0.2, -0.15) is 0 Å². The molecular formula is C28H34N4O3S. The Kier molecular flexibility index (Phi) is 7.01. The van der Waals surface area contributed by atoms with E-state index in [4.69, 9.17) is 0 Å². The van der Waals surface area contributed by atoms with Crippen LogP contribution in [-0.4, -0.2) is 42.4 Å². The first-order chi connectivity index (χ1) is 16.9. The van der Waals surface area contributed by atoms with Crippen molar-refractivity contribution in [3.8, 4) is 0 Å². The molecule has 190 valence electrons. The molecule has 1 amide bonds. The van der Waals surface area contributed by atoms with Gasteiger partial charge in [-0.3, -0.25) is 14.8 Å². The minimum atomic E-state index is -1.40. The van der Waals surface area contributed by atoms with E-state index in [2.05, 4.69) is 35.7 Å². The number of nitrogens with zero attached hydrogens (tertiary/aromatic N) is 4. The van der Waals surface area contributed by atoms with E-state index < -0.39 is 17.6 Å². The Balaban J connectivity index is 1.89. The van der Waals surface area contributed by atoms with Crippen LogP contribution in [0.15, 0.2) is 48.2 Å². The largest absolute Gasteiger partial charge is 0.479 e. The summed E-state index contributed by atoms with van der Waals surface area (Å²) in [6, 6.07) is 6.96. The minimum Gasteiger partial charge on any atom is -0.479 e. The maximum absolute atomic E-state index is 14.2. The van der Waals surface area contributed by atoms with E-state index in [1.54, 1.807) is 23.5 Å². The summed E-state index contributed by atoms with van der Waals surface area (Å²) >= 11 is 1.43. The standard InChI is InChI=1S/C28H34N4O3S/c1-17(2)13-28(26(34)35)14-21(22-16-30-18(3)15-31-22)23(24-29-11-12-36-24)32(28)25(33)19-7-9-20(10-8-19)27(4,5)6/h7-12,15-17,21,23H,13-14H2,1-6H3,(H,34,35)/t21-,23-,28+/m1/s1. The van der Waals surface area contributed by atoms with Crippen LogP contribution >= 0.6 is 11.3 Å². The van der Waals surface area contributed by atoms with Crippen LogP contribution in [0.25, 0.3) is 0 Å². The molecule has 0 radical (unpaired) electrons. The van der Waals surface area contributed by atoms with E-state index in [-0.39, 0.29) is 29.6 Å². The van der Waals surface area contributed by atoms with Crippen molar-refractivity contribution in [2.75, 3.05) is 0 Å². The number of carboxylic acid groups (broad SMARTS) is 1. The van der Waals surface area contributed by atoms with Crippen molar-refractivity contribution < 1.29 is 14.7 Å². The number of hydrogen-bond donors (Lipinski definition) is 1. The van der Waals surface area contributed by atoms with Gasteiger partial charge in [-0.1, -0.05) is 46.8 Å². The average molecular weight is 507 g/mol. The lowest BCUT2D eigenvalue weighted by atomic mass is 9.83. The quantitative estimate of drug-likeness (QED) is 0.455. The van der Waals surface area contributed by atoms with Crippen molar-refractivity contribution in [2.24, 2.45) is 5.92 Å². The van der Waals surface area contributed by atoms with Crippen molar-refractivity contribution in [3.63, 3.8) is 0 Å². The van der Waals surface area contributed by atoms with E-state index >= 15 is 0 Å². The summed E-state index contributed by atoms with van der Waals surface area (Å²) < 4.78 is 0. The highest BCUT2D eigenvalue weighted by Gasteiger charge is 2.60. The number of hydrogen-bond acceptors (Lipinski definition) is 6. The average Bonchev–Trinajstić information content (AvgIpc) is 3.45. The molecule has 3 aromatic rings. The Bertz CT molecular complexity index is 1220. The van der Waals surface area contributed by atoms with Crippen molar-refractivity contribution in [1.82, 2.24) is 19.9 Å². The number of rotatable bonds is 6. The molecule has 36 heavy (non-hydrogen) atoms. The van der Waals surface area contributed by atoms with Crippen LogP contribution in [0.3, 0.4) is 0 Å². The van der Waals surface area contributed by atoms with E-state index in [9.17, 15) is 14.7 Å². The second-order valence-corrected chi connectivity index (χ2v) is 12.1. The van der Waals surface area contributed by atoms with Crippen LogP contribution in [0.1, 0.15) is 91.7 Å². The molecule has 0 aliphatic carbocycles. The van der Waals surface area contributed by atoms with Gasteiger partial charge in [-0.05, 0) is 48.8 Å². The molecule has 7 nitrogen and oxygen atoms in total. The smallest absolute Gasteiger partial charge is 0.329 e. The molecule has 2 aromatic heterocycles. The summed E-state index contributed by atoms with van der Waals surface area (Å²) in [4.78, 5) is 42.5. The highest BCUT2D eigenvalue weighted by Crippen LogP contribution is 2.54. The van der Waals surface area contributed by atoms with Gasteiger partial charge in [0.1, 0.15) is 10.5 Å². The fourth-order valence-electron chi connectivity index (χ4n) is 5.25. The van der Waals surface area contributed by atoms with Gasteiger partial charge in [0.25, 0.3) is 5.91 Å². The summed E-state index contributed by atoms with van der Waals surface area (Å²) in [5.74, 6) is -1.60. The van der Waals surface area contributed by atoms with Gasteiger partial charge in [-0.15, -0.1) is 11.3 Å². The van der Waals surface area contributed by atoms with Crippen LogP contribution in [0.4, 0.5) is 0 Å². The van der Waals surface area contributed by atoms with Crippen LogP contribution < -0.4 is 0 Å². The first kappa shape index (κ1) is 25.9. The Labute approximate surface area is 216 Å². The number of carboxylic acids is 1. The lowest BCUT2D eigenvalue weighted by Gasteiger charge is -2.38. The molecule has 4 rings (SSSR count). The lowest BCUT2D eigenvalue weighted by molar-refractivity contribution is -0.150. The molecule has 1 aromatic carbocycles. The van der Waals surface area contributed by atoms with Crippen molar-refractivity contribution >= 4 is 23.2 Å². The number of carbonyl (C=O) groups excluding carboxylic acids is 1. The Hall–Kier alpha value is -3.13. The SMILES string of the molecule is Cc1cnc([C@H]2C[C@@](CC(C)C)(C(=O)O)N(C(=O)c3ccc(C(C)(C)C)cc3)[C@H]2c2nccs2)cn1. The maximum atomic E-state index is 14.2. The second-order valence-electron chi connectivity index (χ2n) is 11.1. The molecule has 3 atom stereocenters. The number of aromatic nitrogens is 3. The van der Waals surface area contributed by atoms with Crippen LogP contribution in [0.5, 0.6) is 0 Å². The number of thiazole rings is 1. The first-order valence-corrected chi connectivity index (χ1v) is 13.2. The molecule has 0 bridgehead atoms. The number of aryl methyl sites for hydroxylation is 1. The summed E-state index contributed by atoms with van der Waals surface area (Å²) in [5, 5.41) is 13.3. The zero-order valence-corrected chi connectivity index (χ0v) is 22.5. The van der Waals surface area contributed by atoms with Gasteiger partial charge in [0.2, 0.25) is 0 Å². The summed E-state index contributed by atoms with van der Waals surface area (Å²) in [6.45, 7) is 12.2. The second kappa shape index (κ2) is 9.73. The highest BCUT2D eigenvalue weighted by molar-refractivity contribution is 7.09. The molecule has 0 spiro atoms. The van der Waals surface area contributed by atoms with E-state index in [1.165, 1.54) is 11.3 Å². The summed E-state index contributed by atoms with van der Waals surface area (Å²) in [7, 11) is 0. The third-order valence-corrected chi connectivity index (χ3v) is 7.77. The number of likely N-dealkylation sites (tertiary alicyclic amines) is 1. The molecule has 8 heteroatoms. The minimum absolute atomic E-state index is 0.0551. The van der Waals surface area contributed by atoms with Gasteiger partial charge in [0.15, 0.2) is 0 Å². The molecule has 0 unspecified atom stereocenters. The van der Waals surface area contributed by atoms with Crippen molar-refractivity contribution in [1.29, 1.82) is 0 Å². The normalized spacial score (nSPS) is 22.2. The molecule has 1 saturated heterocycles. The van der Waals surface area contributed by atoms with Gasteiger partial charge < -0.3 is 10.0 Å². The molecule has 3 heterocycles.